The van der Waals surface area contributed by atoms with E-state index >= 15 is 0 Å². The summed E-state index contributed by atoms with van der Waals surface area (Å²) < 4.78 is 5.53. The van der Waals surface area contributed by atoms with Crippen molar-refractivity contribution < 1.29 is 19.4 Å². The van der Waals surface area contributed by atoms with Gasteiger partial charge in [0.2, 0.25) is 0 Å². The monoisotopic (exact) mass is 475 g/mol. The van der Waals surface area contributed by atoms with Gasteiger partial charge in [-0.1, -0.05) is 45.0 Å². The number of aryl methyl sites for hydroxylation is 1. The predicted octanol–water partition coefficient (Wildman–Crippen LogP) is 6.30. The second kappa shape index (κ2) is 8.76. The van der Waals surface area contributed by atoms with Gasteiger partial charge in [-0.15, -0.1) is 11.3 Å². The van der Waals surface area contributed by atoms with Crippen molar-refractivity contribution >= 4 is 34.5 Å². The molecule has 1 fully saturated rings. The normalized spacial score (nSPS) is 17.9. The third-order valence-electron chi connectivity index (χ3n) is 6.41. The molecule has 1 atom stereocenters. The van der Waals surface area contributed by atoms with Crippen LogP contribution in [0.5, 0.6) is 5.75 Å². The van der Waals surface area contributed by atoms with Crippen LogP contribution in [0.1, 0.15) is 53.9 Å². The summed E-state index contributed by atoms with van der Waals surface area (Å²) in [5.41, 5.74) is 3.86. The maximum absolute atomic E-state index is 13.4. The van der Waals surface area contributed by atoms with Crippen molar-refractivity contribution in [2.24, 2.45) is 0 Å². The number of amides is 1. The highest BCUT2D eigenvalue weighted by Gasteiger charge is 2.48. The van der Waals surface area contributed by atoms with Crippen LogP contribution in [-0.4, -0.2) is 23.9 Å². The van der Waals surface area contributed by atoms with Gasteiger partial charge in [-0.2, -0.15) is 0 Å². The van der Waals surface area contributed by atoms with Crippen LogP contribution in [0.25, 0.3) is 5.76 Å². The molecule has 0 radical (unpaired) electrons. The number of thiophene rings is 1. The minimum absolute atomic E-state index is 0.0673. The van der Waals surface area contributed by atoms with E-state index in [0.29, 0.717) is 17.0 Å². The fourth-order valence-electron chi connectivity index (χ4n) is 4.30. The van der Waals surface area contributed by atoms with Gasteiger partial charge in [0.15, 0.2) is 0 Å². The summed E-state index contributed by atoms with van der Waals surface area (Å²) in [7, 11) is 1.52. The first kappa shape index (κ1) is 23.8. The summed E-state index contributed by atoms with van der Waals surface area (Å²) in [5.74, 6) is -1.15. The molecule has 1 N–H and O–H groups in total. The average molecular weight is 476 g/mol. The van der Waals surface area contributed by atoms with Crippen molar-refractivity contribution in [3.63, 3.8) is 0 Å². The Morgan fingerprint density at radius 3 is 2.41 bits per heavy atom. The zero-order chi connectivity index (χ0) is 24.8. The number of aliphatic hydroxyl groups is 1. The van der Waals surface area contributed by atoms with Crippen molar-refractivity contribution in [1.82, 2.24) is 0 Å². The molecule has 3 aromatic rings. The number of hydrogen-bond acceptors (Lipinski definition) is 5. The number of hydrogen-bond donors (Lipinski definition) is 1. The highest BCUT2D eigenvalue weighted by atomic mass is 32.1. The Bertz CT molecular complexity index is 1300. The van der Waals surface area contributed by atoms with E-state index in [9.17, 15) is 14.7 Å². The van der Waals surface area contributed by atoms with Crippen molar-refractivity contribution in [2.75, 3.05) is 12.0 Å². The van der Waals surface area contributed by atoms with E-state index in [0.717, 1.165) is 21.6 Å². The standard InChI is InChI=1S/C28H29NO4S/c1-16-9-7-10-20(17(16)2)29-24(22-11-8-14-34-22)23(26(31)27(29)32)25(30)19-15-18(28(3,4)5)12-13-21(19)33-6/h7-15,24,30H,1-6H3/b25-23+. The highest BCUT2D eigenvalue weighted by molar-refractivity contribution is 7.10. The van der Waals surface area contributed by atoms with Crippen LogP contribution in [0.4, 0.5) is 5.69 Å². The molecule has 1 aromatic heterocycles. The highest BCUT2D eigenvalue weighted by Crippen LogP contribution is 2.46. The number of carbonyl (C=O) groups excluding carboxylic acids is 2. The maximum Gasteiger partial charge on any atom is 0.300 e. The van der Waals surface area contributed by atoms with Crippen LogP contribution in [0, 0.1) is 13.8 Å². The van der Waals surface area contributed by atoms with E-state index in [-0.39, 0.29) is 16.7 Å². The molecule has 1 amide bonds. The van der Waals surface area contributed by atoms with Crippen LogP contribution >= 0.6 is 11.3 Å². The summed E-state index contributed by atoms with van der Waals surface area (Å²) in [6.45, 7) is 10.1. The van der Waals surface area contributed by atoms with Gasteiger partial charge in [-0.3, -0.25) is 14.5 Å². The molecule has 0 aliphatic carbocycles. The Morgan fingerprint density at radius 1 is 1.06 bits per heavy atom. The lowest BCUT2D eigenvalue weighted by Gasteiger charge is -2.26. The topological polar surface area (TPSA) is 66.8 Å². The lowest BCUT2D eigenvalue weighted by Crippen LogP contribution is -2.29. The number of ether oxygens (including phenoxy) is 1. The Hall–Kier alpha value is -3.38. The summed E-state index contributed by atoms with van der Waals surface area (Å²) in [5, 5.41) is 13.5. The quantitative estimate of drug-likeness (QED) is 0.273. The number of benzene rings is 2. The molecule has 1 unspecified atom stereocenters. The summed E-state index contributed by atoms with van der Waals surface area (Å²) in [4.78, 5) is 29.2. The molecule has 1 saturated heterocycles. The lowest BCUT2D eigenvalue weighted by atomic mass is 9.85. The first-order valence-corrected chi connectivity index (χ1v) is 12.0. The van der Waals surface area contributed by atoms with Crippen LogP contribution in [0.2, 0.25) is 0 Å². The predicted molar refractivity (Wildman–Crippen MR) is 137 cm³/mol. The number of aliphatic hydroxyl groups excluding tert-OH is 1. The van der Waals surface area contributed by atoms with Gasteiger partial charge >= 0.3 is 0 Å². The Morgan fingerprint density at radius 2 is 1.79 bits per heavy atom. The molecule has 6 heteroatoms. The third-order valence-corrected chi connectivity index (χ3v) is 7.34. The number of rotatable bonds is 4. The molecule has 0 spiro atoms. The summed E-state index contributed by atoms with van der Waals surface area (Å²) in [6, 6.07) is 14.3. The second-order valence-corrected chi connectivity index (χ2v) is 10.5. The van der Waals surface area contributed by atoms with E-state index < -0.39 is 17.7 Å². The van der Waals surface area contributed by atoms with E-state index in [4.69, 9.17) is 4.74 Å². The zero-order valence-electron chi connectivity index (χ0n) is 20.3. The minimum Gasteiger partial charge on any atom is -0.507 e. The third kappa shape index (κ3) is 3.92. The molecule has 176 valence electrons. The molecule has 1 aliphatic rings. The molecule has 0 bridgehead atoms. The first-order valence-electron chi connectivity index (χ1n) is 11.2. The molecule has 0 saturated carbocycles. The molecular formula is C28H29NO4S. The molecule has 34 heavy (non-hydrogen) atoms. The van der Waals surface area contributed by atoms with Crippen LogP contribution < -0.4 is 9.64 Å². The van der Waals surface area contributed by atoms with Gasteiger partial charge in [-0.25, -0.2) is 0 Å². The maximum atomic E-state index is 13.4. The fraction of sp³-hybridized carbons (Fsp3) is 0.286. The van der Waals surface area contributed by atoms with Gasteiger partial charge < -0.3 is 9.84 Å². The number of anilines is 1. The molecular weight excluding hydrogens is 446 g/mol. The van der Waals surface area contributed by atoms with E-state index in [1.54, 1.807) is 6.07 Å². The largest absolute Gasteiger partial charge is 0.507 e. The van der Waals surface area contributed by atoms with Gasteiger partial charge in [0.05, 0.1) is 18.2 Å². The number of nitrogens with zero attached hydrogens (tertiary/aromatic N) is 1. The summed E-state index contributed by atoms with van der Waals surface area (Å²) >= 11 is 1.44. The lowest BCUT2D eigenvalue weighted by molar-refractivity contribution is -0.132. The number of carbonyl (C=O) groups is 2. The van der Waals surface area contributed by atoms with Crippen LogP contribution in [0.3, 0.4) is 0 Å². The van der Waals surface area contributed by atoms with E-state index in [1.165, 1.54) is 23.3 Å². The molecule has 4 rings (SSSR count). The first-order chi connectivity index (χ1) is 16.1. The molecule has 5 nitrogen and oxygen atoms in total. The van der Waals surface area contributed by atoms with E-state index in [1.807, 2.05) is 61.7 Å². The van der Waals surface area contributed by atoms with Crippen LogP contribution in [0.15, 0.2) is 59.5 Å². The number of ketones is 1. The Labute approximate surface area is 204 Å². The fourth-order valence-corrected chi connectivity index (χ4v) is 5.12. The van der Waals surface area contributed by atoms with Crippen molar-refractivity contribution in [3.8, 4) is 5.75 Å². The SMILES string of the molecule is COc1ccc(C(C)(C)C)cc1/C(O)=C1\C(=O)C(=O)N(c2cccc(C)c2C)C1c1cccs1. The van der Waals surface area contributed by atoms with Crippen molar-refractivity contribution in [2.45, 2.75) is 46.1 Å². The Balaban J connectivity index is 2.00. The van der Waals surface area contributed by atoms with Crippen molar-refractivity contribution in [3.05, 3.63) is 86.6 Å². The van der Waals surface area contributed by atoms with Gasteiger partial charge in [0.1, 0.15) is 17.6 Å². The van der Waals surface area contributed by atoms with Crippen molar-refractivity contribution in [1.29, 1.82) is 0 Å². The summed E-state index contributed by atoms with van der Waals surface area (Å²) in [6.07, 6.45) is 0. The van der Waals surface area contributed by atoms with E-state index in [2.05, 4.69) is 20.8 Å². The van der Waals surface area contributed by atoms with Gasteiger partial charge in [0, 0.05) is 10.6 Å². The Kier molecular flexibility index (Phi) is 6.13. The smallest absolute Gasteiger partial charge is 0.300 e. The minimum atomic E-state index is -0.733. The average Bonchev–Trinajstić information content (AvgIpc) is 3.41. The van der Waals surface area contributed by atoms with Gasteiger partial charge in [-0.05, 0) is 65.6 Å². The zero-order valence-corrected chi connectivity index (χ0v) is 21.1. The molecule has 2 aromatic carbocycles. The molecule has 2 heterocycles. The van der Waals surface area contributed by atoms with Crippen LogP contribution in [-0.2, 0) is 15.0 Å². The second-order valence-electron chi connectivity index (χ2n) is 9.57. The number of methoxy groups -OCH3 is 1. The molecule has 1 aliphatic heterocycles. The van der Waals surface area contributed by atoms with Gasteiger partial charge in [0.25, 0.3) is 11.7 Å². The number of Topliss-reactive ketones (excluding diaryl/α,β-unsaturated/α-hetero) is 1.